The lowest BCUT2D eigenvalue weighted by atomic mass is 10.1. The van der Waals surface area contributed by atoms with Crippen LogP contribution in [0.15, 0.2) is 4.34 Å². The summed E-state index contributed by atoms with van der Waals surface area (Å²) in [7, 11) is 1.33. The molecule has 0 fully saturated rings. The number of esters is 1. The third-order valence-corrected chi connectivity index (χ3v) is 5.72. The normalized spacial score (nSPS) is 12.0. The van der Waals surface area contributed by atoms with Crippen LogP contribution in [0, 0.1) is 13.8 Å². The first kappa shape index (κ1) is 19.5. The van der Waals surface area contributed by atoms with E-state index in [1.807, 2.05) is 6.92 Å². The van der Waals surface area contributed by atoms with Gasteiger partial charge in [-0.2, -0.15) is 0 Å². The van der Waals surface area contributed by atoms with Crippen molar-refractivity contribution >= 4 is 40.0 Å². The number of hydrogen-bond donors (Lipinski definition) is 2. The number of nitrogens with zero attached hydrogens (tertiary/aromatic N) is 2. The molecule has 2 rings (SSSR count). The first-order valence-electron chi connectivity index (χ1n) is 7.94. The summed E-state index contributed by atoms with van der Waals surface area (Å²) in [6, 6.07) is 0. The highest BCUT2D eigenvalue weighted by atomic mass is 32.2. The van der Waals surface area contributed by atoms with Gasteiger partial charge in [0.2, 0.25) is 5.13 Å². The summed E-state index contributed by atoms with van der Waals surface area (Å²) >= 11 is 2.79. The molecule has 7 nitrogen and oxygen atoms in total. The van der Waals surface area contributed by atoms with Crippen molar-refractivity contribution in [2.45, 2.75) is 43.7 Å². The van der Waals surface area contributed by atoms with Crippen LogP contribution in [0.5, 0.6) is 0 Å². The Kier molecular flexibility index (Phi) is 6.60. The molecule has 0 radical (unpaired) electrons. The van der Waals surface area contributed by atoms with E-state index in [2.05, 4.69) is 27.4 Å². The molecule has 2 aromatic rings. The van der Waals surface area contributed by atoms with E-state index in [1.165, 1.54) is 30.2 Å². The SMILES string of the molecule is CCCNc1nnc(S[C@H](C)C(=O)c2[nH]c(C)c(C(=O)OC)c2C)s1. The zero-order valence-corrected chi connectivity index (χ0v) is 16.6. The van der Waals surface area contributed by atoms with Crippen LogP contribution in [-0.2, 0) is 4.74 Å². The molecule has 9 heteroatoms. The number of aryl methyl sites for hydroxylation is 1. The molecule has 0 spiro atoms. The van der Waals surface area contributed by atoms with Crippen molar-refractivity contribution < 1.29 is 14.3 Å². The second kappa shape index (κ2) is 8.48. The minimum Gasteiger partial charge on any atom is -0.465 e. The molecular formula is C16H22N4O3S2. The maximum atomic E-state index is 12.8. The van der Waals surface area contributed by atoms with Gasteiger partial charge in [0.15, 0.2) is 10.1 Å². The molecular weight excluding hydrogens is 360 g/mol. The number of H-pyrrole nitrogens is 1. The predicted molar refractivity (Wildman–Crippen MR) is 99.9 cm³/mol. The fraction of sp³-hybridized carbons (Fsp3) is 0.500. The van der Waals surface area contributed by atoms with Gasteiger partial charge in [-0.05, 0) is 32.8 Å². The Morgan fingerprint density at radius 1 is 1.36 bits per heavy atom. The van der Waals surface area contributed by atoms with Crippen molar-refractivity contribution in [2.75, 3.05) is 19.0 Å². The lowest BCUT2D eigenvalue weighted by molar-refractivity contribution is 0.0599. The summed E-state index contributed by atoms with van der Waals surface area (Å²) in [5.41, 5.74) is 2.10. The van der Waals surface area contributed by atoms with Gasteiger partial charge in [-0.25, -0.2) is 4.79 Å². The van der Waals surface area contributed by atoms with E-state index in [-0.39, 0.29) is 11.0 Å². The first-order valence-corrected chi connectivity index (χ1v) is 9.64. The van der Waals surface area contributed by atoms with Crippen molar-refractivity contribution in [2.24, 2.45) is 0 Å². The molecule has 2 heterocycles. The van der Waals surface area contributed by atoms with E-state index in [1.54, 1.807) is 13.8 Å². The van der Waals surface area contributed by atoms with E-state index in [0.29, 0.717) is 22.5 Å². The van der Waals surface area contributed by atoms with Gasteiger partial charge in [-0.15, -0.1) is 10.2 Å². The predicted octanol–water partition coefficient (Wildman–Crippen LogP) is 3.46. The van der Waals surface area contributed by atoms with E-state index in [0.717, 1.165) is 22.4 Å². The summed E-state index contributed by atoms with van der Waals surface area (Å²) in [5.74, 6) is -0.527. The Bertz CT molecular complexity index is 770. The highest BCUT2D eigenvalue weighted by Gasteiger charge is 2.26. The van der Waals surface area contributed by atoms with Gasteiger partial charge in [0.05, 0.1) is 23.6 Å². The molecule has 0 bridgehead atoms. The number of hydrogen-bond acceptors (Lipinski definition) is 8. The van der Waals surface area contributed by atoms with Gasteiger partial charge in [0, 0.05) is 12.2 Å². The van der Waals surface area contributed by atoms with E-state index >= 15 is 0 Å². The molecule has 0 amide bonds. The van der Waals surface area contributed by atoms with E-state index < -0.39 is 5.97 Å². The van der Waals surface area contributed by atoms with Crippen molar-refractivity contribution in [1.82, 2.24) is 15.2 Å². The van der Waals surface area contributed by atoms with Gasteiger partial charge in [-0.1, -0.05) is 30.0 Å². The molecule has 2 aromatic heterocycles. The topological polar surface area (TPSA) is 97.0 Å². The number of rotatable bonds is 8. The monoisotopic (exact) mass is 382 g/mol. The van der Waals surface area contributed by atoms with Crippen LogP contribution in [0.3, 0.4) is 0 Å². The zero-order chi connectivity index (χ0) is 18.6. The highest BCUT2D eigenvalue weighted by Crippen LogP contribution is 2.31. The lowest BCUT2D eigenvalue weighted by Gasteiger charge is -2.07. The fourth-order valence-corrected chi connectivity index (χ4v) is 4.35. The third-order valence-electron chi connectivity index (χ3n) is 3.65. The van der Waals surface area contributed by atoms with Gasteiger partial charge < -0.3 is 15.0 Å². The first-order chi connectivity index (χ1) is 11.9. The molecule has 0 aliphatic carbocycles. The minimum atomic E-state index is -0.443. The molecule has 0 saturated carbocycles. The van der Waals surface area contributed by atoms with E-state index in [4.69, 9.17) is 4.74 Å². The molecule has 0 aromatic carbocycles. The Balaban J connectivity index is 2.12. The number of anilines is 1. The molecule has 0 aliphatic heterocycles. The number of carbonyl (C=O) groups excluding carboxylic acids is 2. The van der Waals surface area contributed by atoms with E-state index in [9.17, 15) is 9.59 Å². The fourth-order valence-electron chi connectivity index (χ4n) is 2.37. The number of ketones is 1. The Labute approximate surface area is 155 Å². The van der Waals surface area contributed by atoms with Crippen LogP contribution in [0.2, 0.25) is 0 Å². The van der Waals surface area contributed by atoms with Crippen molar-refractivity contribution in [3.05, 3.63) is 22.5 Å². The standard InChI is InChI=1S/C16H22N4O3S2/c1-6-7-17-15-19-20-16(25-15)24-10(4)13(21)12-8(2)11(9(3)18-12)14(22)23-5/h10,18H,6-7H2,1-5H3,(H,17,19)/t10-/m1/s1. The van der Waals surface area contributed by atoms with Crippen LogP contribution in [0.4, 0.5) is 5.13 Å². The Morgan fingerprint density at radius 3 is 2.72 bits per heavy atom. The Hall–Kier alpha value is -1.87. The smallest absolute Gasteiger partial charge is 0.339 e. The second-order valence-corrected chi connectivity index (χ2v) is 8.11. The molecule has 0 saturated heterocycles. The average Bonchev–Trinajstić information content (AvgIpc) is 3.15. The molecule has 1 atom stereocenters. The zero-order valence-electron chi connectivity index (χ0n) is 14.9. The maximum absolute atomic E-state index is 12.8. The molecule has 2 N–H and O–H groups in total. The van der Waals surface area contributed by atoms with Crippen LogP contribution in [0.1, 0.15) is 52.4 Å². The summed E-state index contributed by atoms with van der Waals surface area (Å²) in [6.07, 6.45) is 1.00. The number of aromatic amines is 1. The molecule has 25 heavy (non-hydrogen) atoms. The summed E-state index contributed by atoms with van der Waals surface area (Å²) in [5, 5.41) is 11.7. The minimum absolute atomic E-state index is 0.0842. The van der Waals surface area contributed by atoms with Gasteiger partial charge >= 0.3 is 5.97 Å². The van der Waals surface area contributed by atoms with Gasteiger partial charge in [0.25, 0.3) is 0 Å². The third kappa shape index (κ3) is 4.40. The van der Waals surface area contributed by atoms with Crippen molar-refractivity contribution in [3.8, 4) is 0 Å². The quantitative estimate of drug-likeness (QED) is 0.410. The van der Waals surface area contributed by atoms with Crippen LogP contribution < -0.4 is 5.32 Å². The number of Topliss-reactive ketones (excluding diaryl/α,β-unsaturated/α-hetero) is 1. The largest absolute Gasteiger partial charge is 0.465 e. The van der Waals surface area contributed by atoms with Crippen molar-refractivity contribution in [1.29, 1.82) is 0 Å². The Morgan fingerprint density at radius 2 is 2.08 bits per heavy atom. The highest BCUT2D eigenvalue weighted by molar-refractivity contribution is 8.02. The molecule has 0 unspecified atom stereocenters. The van der Waals surface area contributed by atoms with Crippen LogP contribution >= 0.6 is 23.1 Å². The maximum Gasteiger partial charge on any atom is 0.339 e. The summed E-state index contributed by atoms with van der Waals surface area (Å²) in [6.45, 7) is 8.24. The number of nitrogens with one attached hydrogen (secondary N) is 2. The van der Waals surface area contributed by atoms with Gasteiger partial charge in [0.1, 0.15) is 0 Å². The summed E-state index contributed by atoms with van der Waals surface area (Å²) < 4.78 is 5.51. The number of thioether (sulfide) groups is 1. The average molecular weight is 383 g/mol. The van der Waals surface area contributed by atoms with Crippen LogP contribution in [0.25, 0.3) is 0 Å². The van der Waals surface area contributed by atoms with Gasteiger partial charge in [-0.3, -0.25) is 4.79 Å². The molecule has 0 aliphatic rings. The number of carbonyl (C=O) groups is 2. The van der Waals surface area contributed by atoms with Crippen LogP contribution in [-0.4, -0.2) is 45.8 Å². The van der Waals surface area contributed by atoms with Crippen molar-refractivity contribution in [3.63, 3.8) is 0 Å². The number of ether oxygens (including phenoxy) is 1. The number of methoxy groups -OCH3 is 1. The number of aromatic nitrogens is 3. The summed E-state index contributed by atoms with van der Waals surface area (Å²) in [4.78, 5) is 27.6. The molecule has 136 valence electrons. The second-order valence-electron chi connectivity index (χ2n) is 5.54. The lowest BCUT2D eigenvalue weighted by Crippen LogP contribution is -2.15.